The van der Waals surface area contributed by atoms with Crippen molar-refractivity contribution >= 4 is 43.3 Å². The number of amides is 1. The third kappa shape index (κ3) is 4.35. The number of ether oxygens (including phenoxy) is 1. The molecular weight excluding hydrogens is 438 g/mol. The summed E-state index contributed by atoms with van der Waals surface area (Å²) in [6, 6.07) is 11.0. The van der Waals surface area contributed by atoms with Crippen molar-refractivity contribution in [2.45, 2.75) is 26.3 Å². The molecule has 1 atom stereocenters. The molecule has 0 bridgehead atoms. The van der Waals surface area contributed by atoms with Crippen molar-refractivity contribution in [3.63, 3.8) is 0 Å². The molecule has 1 fully saturated rings. The van der Waals surface area contributed by atoms with Gasteiger partial charge in [0.1, 0.15) is 9.71 Å². The highest BCUT2D eigenvalue weighted by Gasteiger charge is 2.34. The number of hydrogen-bond donors (Lipinski definition) is 0. The van der Waals surface area contributed by atoms with Gasteiger partial charge in [-0.25, -0.2) is 17.9 Å². The molecule has 2 aromatic heterocycles. The SMILES string of the molecule is CCN(C(=O)COC(=O)c1cc2c(C)nn(-c3ccccc3)c2s1)C1CCS(=O)(=O)C1. The van der Waals surface area contributed by atoms with Crippen LogP contribution in [0.2, 0.25) is 0 Å². The number of nitrogens with zero attached hydrogens (tertiary/aromatic N) is 3. The number of aromatic nitrogens is 2. The summed E-state index contributed by atoms with van der Waals surface area (Å²) in [6.45, 7) is 3.61. The molecule has 3 heterocycles. The van der Waals surface area contributed by atoms with Crippen LogP contribution in [0.1, 0.15) is 28.7 Å². The highest BCUT2D eigenvalue weighted by molar-refractivity contribution is 7.91. The quantitative estimate of drug-likeness (QED) is 0.523. The smallest absolute Gasteiger partial charge is 0.348 e. The van der Waals surface area contributed by atoms with Crippen LogP contribution < -0.4 is 0 Å². The van der Waals surface area contributed by atoms with E-state index in [4.69, 9.17) is 4.74 Å². The van der Waals surface area contributed by atoms with Crippen LogP contribution >= 0.6 is 11.3 Å². The lowest BCUT2D eigenvalue weighted by Crippen LogP contribution is -2.43. The van der Waals surface area contributed by atoms with Crippen molar-refractivity contribution in [2.24, 2.45) is 0 Å². The van der Waals surface area contributed by atoms with Gasteiger partial charge in [0.15, 0.2) is 16.4 Å². The predicted octanol–water partition coefficient (Wildman–Crippen LogP) is 2.59. The van der Waals surface area contributed by atoms with Crippen LogP contribution in [0.3, 0.4) is 0 Å². The summed E-state index contributed by atoms with van der Waals surface area (Å²) in [5.41, 5.74) is 1.69. The second-order valence-electron chi connectivity index (χ2n) is 7.47. The van der Waals surface area contributed by atoms with E-state index < -0.39 is 22.4 Å². The zero-order valence-electron chi connectivity index (χ0n) is 17.3. The second kappa shape index (κ2) is 8.43. The minimum Gasteiger partial charge on any atom is -0.451 e. The average Bonchev–Trinajstić information content (AvgIpc) is 3.42. The second-order valence-corrected chi connectivity index (χ2v) is 10.7. The van der Waals surface area contributed by atoms with Crippen molar-refractivity contribution < 1.29 is 22.7 Å². The first-order chi connectivity index (χ1) is 14.8. The first-order valence-corrected chi connectivity index (χ1v) is 12.6. The maximum Gasteiger partial charge on any atom is 0.348 e. The average molecular weight is 462 g/mol. The Morgan fingerprint density at radius 3 is 2.68 bits per heavy atom. The molecule has 1 amide bonds. The Bertz CT molecular complexity index is 1230. The predicted molar refractivity (Wildman–Crippen MR) is 118 cm³/mol. The zero-order valence-corrected chi connectivity index (χ0v) is 18.9. The van der Waals surface area contributed by atoms with Crippen molar-refractivity contribution in [3.05, 3.63) is 47.0 Å². The topological polar surface area (TPSA) is 98.6 Å². The Morgan fingerprint density at radius 1 is 1.29 bits per heavy atom. The lowest BCUT2D eigenvalue weighted by Gasteiger charge is -2.26. The number of para-hydroxylation sites is 1. The van der Waals surface area contributed by atoms with Gasteiger partial charge >= 0.3 is 5.97 Å². The van der Waals surface area contributed by atoms with Crippen molar-refractivity contribution in [1.29, 1.82) is 0 Å². The van der Waals surface area contributed by atoms with Crippen molar-refractivity contribution in [1.82, 2.24) is 14.7 Å². The minimum atomic E-state index is -3.11. The number of likely N-dealkylation sites (N-methyl/N-ethyl adjacent to an activating group) is 1. The number of aryl methyl sites for hydroxylation is 1. The van der Waals surface area contributed by atoms with E-state index in [1.807, 2.05) is 37.3 Å². The Labute approximate surface area is 184 Å². The van der Waals surface area contributed by atoms with Crippen LogP contribution in [-0.4, -0.2) is 65.7 Å². The molecule has 1 unspecified atom stereocenters. The van der Waals surface area contributed by atoms with Crippen LogP contribution in [0.25, 0.3) is 15.9 Å². The highest BCUT2D eigenvalue weighted by Crippen LogP contribution is 2.30. The first-order valence-electron chi connectivity index (χ1n) is 10.0. The van der Waals surface area contributed by atoms with Crippen molar-refractivity contribution in [2.75, 3.05) is 24.7 Å². The monoisotopic (exact) mass is 461 g/mol. The molecule has 8 nitrogen and oxygen atoms in total. The highest BCUT2D eigenvalue weighted by atomic mass is 32.2. The maximum atomic E-state index is 12.6. The number of carbonyl (C=O) groups excluding carboxylic acids is 2. The molecule has 1 aromatic carbocycles. The summed E-state index contributed by atoms with van der Waals surface area (Å²) in [5.74, 6) is -0.915. The maximum absolute atomic E-state index is 12.6. The summed E-state index contributed by atoms with van der Waals surface area (Å²) in [5, 5.41) is 5.41. The number of thiophene rings is 1. The van der Waals surface area contributed by atoms with Crippen LogP contribution in [0, 0.1) is 6.92 Å². The van der Waals surface area contributed by atoms with Crippen LogP contribution in [0.15, 0.2) is 36.4 Å². The number of rotatable bonds is 6. The van der Waals surface area contributed by atoms with Crippen molar-refractivity contribution in [3.8, 4) is 5.69 Å². The fourth-order valence-corrected chi connectivity index (χ4v) is 6.64. The molecular formula is C21H23N3O5S2. The Kier molecular flexibility index (Phi) is 5.85. The van der Waals surface area contributed by atoms with E-state index in [2.05, 4.69) is 5.10 Å². The molecule has 1 aliphatic rings. The molecule has 0 spiro atoms. The molecule has 0 radical (unpaired) electrons. The number of carbonyl (C=O) groups is 2. The standard InChI is InChI=1S/C21H23N3O5S2/c1-3-23(16-9-10-31(27,28)13-16)19(25)12-29-21(26)18-11-17-14(2)22-24(20(17)30-18)15-7-5-4-6-8-15/h4-8,11,16H,3,9-10,12-13H2,1-2H3. The van der Waals surface area contributed by atoms with Gasteiger partial charge in [0.25, 0.3) is 5.91 Å². The molecule has 1 saturated heterocycles. The summed E-state index contributed by atoms with van der Waals surface area (Å²) >= 11 is 1.26. The van der Waals surface area contributed by atoms with Gasteiger partial charge in [0.2, 0.25) is 0 Å². The van der Waals surface area contributed by atoms with E-state index in [0.717, 1.165) is 21.6 Å². The largest absolute Gasteiger partial charge is 0.451 e. The number of fused-ring (bicyclic) bond motifs is 1. The van der Waals surface area contributed by atoms with E-state index in [-0.39, 0.29) is 23.5 Å². The fourth-order valence-electron chi connectivity index (χ4n) is 3.83. The zero-order chi connectivity index (χ0) is 22.2. The molecule has 3 aromatic rings. The lowest BCUT2D eigenvalue weighted by molar-refractivity contribution is -0.136. The molecule has 164 valence electrons. The lowest BCUT2D eigenvalue weighted by atomic mass is 10.2. The molecule has 31 heavy (non-hydrogen) atoms. The normalized spacial score (nSPS) is 17.7. The Balaban J connectivity index is 1.47. The summed E-state index contributed by atoms with van der Waals surface area (Å²) in [7, 11) is -3.11. The summed E-state index contributed by atoms with van der Waals surface area (Å²) in [4.78, 5) is 27.9. The third-order valence-electron chi connectivity index (χ3n) is 5.38. The van der Waals surface area contributed by atoms with Gasteiger partial charge < -0.3 is 9.64 Å². The van der Waals surface area contributed by atoms with E-state index in [0.29, 0.717) is 17.8 Å². The number of hydrogen-bond acceptors (Lipinski definition) is 7. The van der Waals surface area contributed by atoms with E-state index >= 15 is 0 Å². The molecule has 0 aliphatic carbocycles. The van der Waals surface area contributed by atoms with Crippen LogP contribution in [0.5, 0.6) is 0 Å². The molecule has 0 N–H and O–H groups in total. The molecule has 0 saturated carbocycles. The summed E-state index contributed by atoms with van der Waals surface area (Å²) < 4.78 is 30.5. The summed E-state index contributed by atoms with van der Waals surface area (Å²) in [6.07, 6.45) is 0.418. The van der Waals surface area contributed by atoms with Gasteiger partial charge in [0, 0.05) is 18.0 Å². The number of sulfone groups is 1. The molecule has 10 heteroatoms. The van der Waals surface area contributed by atoms with E-state index in [1.54, 1.807) is 17.7 Å². The number of esters is 1. The van der Waals surface area contributed by atoms with Gasteiger partial charge in [0.05, 0.1) is 22.9 Å². The van der Waals surface area contributed by atoms with Crippen LogP contribution in [0.4, 0.5) is 0 Å². The van der Waals surface area contributed by atoms with Crippen LogP contribution in [-0.2, 0) is 19.4 Å². The van der Waals surface area contributed by atoms with Gasteiger partial charge in [-0.15, -0.1) is 11.3 Å². The Morgan fingerprint density at radius 2 is 2.03 bits per heavy atom. The van der Waals surface area contributed by atoms with Gasteiger partial charge in [-0.05, 0) is 38.5 Å². The van der Waals surface area contributed by atoms with Gasteiger partial charge in [-0.1, -0.05) is 18.2 Å². The third-order valence-corrected chi connectivity index (χ3v) is 8.22. The Hall–Kier alpha value is -2.72. The fraction of sp³-hybridized carbons (Fsp3) is 0.381. The molecule has 4 rings (SSSR count). The minimum absolute atomic E-state index is 0.0356. The van der Waals surface area contributed by atoms with E-state index in [1.165, 1.54) is 16.2 Å². The number of benzene rings is 1. The van der Waals surface area contributed by atoms with Gasteiger partial charge in [-0.3, -0.25) is 4.79 Å². The van der Waals surface area contributed by atoms with Gasteiger partial charge in [-0.2, -0.15) is 5.10 Å². The molecule has 1 aliphatic heterocycles. The van der Waals surface area contributed by atoms with E-state index in [9.17, 15) is 18.0 Å². The first kappa shape index (κ1) is 21.5.